The van der Waals surface area contributed by atoms with E-state index in [0.717, 1.165) is 0 Å². The first-order chi connectivity index (χ1) is 9.56. The van der Waals surface area contributed by atoms with Crippen molar-refractivity contribution in [3.8, 4) is 5.75 Å². The summed E-state index contributed by atoms with van der Waals surface area (Å²) >= 11 is 3.27. The van der Waals surface area contributed by atoms with Crippen LogP contribution in [0, 0.1) is 0 Å². The summed E-state index contributed by atoms with van der Waals surface area (Å²) in [7, 11) is 0. The second-order valence-corrected chi connectivity index (χ2v) is 4.79. The number of anilines is 2. The zero-order valence-electron chi connectivity index (χ0n) is 10.3. The van der Waals surface area contributed by atoms with Gasteiger partial charge in [0.25, 0.3) is 0 Å². The van der Waals surface area contributed by atoms with Gasteiger partial charge < -0.3 is 15.7 Å². The van der Waals surface area contributed by atoms with E-state index in [-0.39, 0.29) is 5.75 Å². The lowest BCUT2D eigenvalue weighted by Gasteiger charge is -2.07. The van der Waals surface area contributed by atoms with E-state index in [2.05, 4.69) is 26.6 Å². The first-order valence-electron chi connectivity index (χ1n) is 5.72. The van der Waals surface area contributed by atoms with Crippen molar-refractivity contribution >= 4 is 39.1 Å². The molecule has 2 aromatic rings. The molecule has 0 spiro atoms. The molecule has 6 heteroatoms. The molecule has 102 valence electrons. The number of phenolic OH excluding ortho intramolecular Hbond substituents is 1. The van der Waals surface area contributed by atoms with Gasteiger partial charge in [0.05, 0.1) is 5.69 Å². The smallest absolute Gasteiger partial charge is 0.314 e. The van der Waals surface area contributed by atoms with Crippen LogP contribution in [0.15, 0.2) is 53.0 Å². The molecule has 5 nitrogen and oxygen atoms in total. The number of carbonyl (C=O) groups excluding carboxylic acids is 2. The summed E-state index contributed by atoms with van der Waals surface area (Å²) < 4.78 is 0.686. The van der Waals surface area contributed by atoms with Crippen molar-refractivity contribution < 1.29 is 14.7 Å². The highest BCUT2D eigenvalue weighted by molar-refractivity contribution is 9.10. The fourth-order valence-corrected chi connectivity index (χ4v) is 1.86. The maximum absolute atomic E-state index is 11.7. The van der Waals surface area contributed by atoms with Gasteiger partial charge >= 0.3 is 11.8 Å². The Hall–Kier alpha value is -2.34. The average Bonchev–Trinajstić information content (AvgIpc) is 2.44. The fourth-order valence-electron chi connectivity index (χ4n) is 1.47. The van der Waals surface area contributed by atoms with Crippen molar-refractivity contribution in [2.24, 2.45) is 0 Å². The number of carbonyl (C=O) groups is 2. The molecule has 0 atom stereocenters. The number of rotatable bonds is 2. The molecule has 0 heterocycles. The van der Waals surface area contributed by atoms with Crippen LogP contribution in [-0.4, -0.2) is 16.9 Å². The Balaban J connectivity index is 2.01. The minimum absolute atomic E-state index is 0.0840. The maximum atomic E-state index is 11.7. The van der Waals surface area contributed by atoms with Gasteiger partial charge in [-0.25, -0.2) is 0 Å². The molecule has 0 aliphatic heterocycles. The summed E-state index contributed by atoms with van der Waals surface area (Å²) in [5.74, 6) is -1.47. The maximum Gasteiger partial charge on any atom is 0.314 e. The number of nitrogens with one attached hydrogen (secondary N) is 2. The van der Waals surface area contributed by atoms with Crippen molar-refractivity contribution in [1.82, 2.24) is 0 Å². The van der Waals surface area contributed by atoms with Crippen molar-refractivity contribution in [1.29, 1.82) is 0 Å². The van der Waals surface area contributed by atoms with Gasteiger partial charge in [0, 0.05) is 10.2 Å². The molecule has 0 saturated heterocycles. The Morgan fingerprint density at radius 1 is 0.900 bits per heavy atom. The number of hydrogen-bond acceptors (Lipinski definition) is 3. The topological polar surface area (TPSA) is 78.4 Å². The van der Waals surface area contributed by atoms with Gasteiger partial charge in [-0.1, -0.05) is 12.1 Å². The zero-order chi connectivity index (χ0) is 14.5. The second kappa shape index (κ2) is 6.21. The molecule has 0 aliphatic rings. The predicted octanol–water partition coefficient (Wildman–Crippen LogP) is 2.73. The number of halogens is 1. The molecular formula is C14H11BrN2O3. The van der Waals surface area contributed by atoms with Gasteiger partial charge in [0.1, 0.15) is 5.75 Å². The van der Waals surface area contributed by atoms with Gasteiger partial charge in [-0.05, 0) is 52.3 Å². The highest BCUT2D eigenvalue weighted by atomic mass is 79.9. The fraction of sp³-hybridized carbons (Fsp3) is 0. The molecule has 2 aromatic carbocycles. The zero-order valence-corrected chi connectivity index (χ0v) is 11.8. The molecule has 0 aliphatic carbocycles. The van der Waals surface area contributed by atoms with Crippen LogP contribution in [0.5, 0.6) is 5.75 Å². The first kappa shape index (κ1) is 14.1. The normalized spacial score (nSPS) is 9.85. The predicted molar refractivity (Wildman–Crippen MR) is 79.5 cm³/mol. The van der Waals surface area contributed by atoms with Gasteiger partial charge in [-0.3, -0.25) is 9.59 Å². The molecule has 20 heavy (non-hydrogen) atoms. The second-order valence-electron chi connectivity index (χ2n) is 3.93. The summed E-state index contributed by atoms with van der Waals surface area (Å²) in [5, 5.41) is 14.1. The van der Waals surface area contributed by atoms with E-state index in [9.17, 15) is 9.59 Å². The molecule has 2 rings (SSSR count). The Labute approximate surface area is 123 Å². The number of para-hydroxylation sites is 1. The molecule has 0 bridgehead atoms. The quantitative estimate of drug-likeness (QED) is 0.583. The van der Waals surface area contributed by atoms with Crippen molar-refractivity contribution in [2.45, 2.75) is 0 Å². The Morgan fingerprint density at radius 3 is 2.15 bits per heavy atom. The minimum atomic E-state index is -0.786. The van der Waals surface area contributed by atoms with Crippen molar-refractivity contribution in [2.75, 3.05) is 10.6 Å². The minimum Gasteiger partial charge on any atom is -0.508 e. The molecule has 2 amide bonds. The van der Waals surface area contributed by atoms with Gasteiger partial charge in [0.15, 0.2) is 0 Å². The van der Waals surface area contributed by atoms with Crippen LogP contribution in [0.25, 0.3) is 0 Å². The third-order valence-electron chi connectivity index (χ3n) is 2.45. The van der Waals surface area contributed by atoms with E-state index in [1.54, 1.807) is 24.3 Å². The first-order valence-corrected chi connectivity index (χ1v) is 6.51. The standard InChI is InChI=1S/C14H11BrN2O3/c15-11-3-1-2-4-12(11)17-14(20)13(19)16-9-5-7-10(18)8-6-9/h1-8,18H,(H,16,19)(H,17,20). The lowest BCUT2D eigenvalue weighted by atomic mass is 10.3. The van der Waals surface area contributed by atoms with E-state index >= 15 is 0 Å². The summed E-state index contributed by atoms with van der Waals surface area (Å²) in [4.78, 5) is 23.5. The van der Waals surface area contributed by atoms with Crippen LogP contribution in [0.4, 0.5) is 11.4 Å². The Kier molecular flexibility index (Phi) is 4.37. The number of phenols is 1. The summed E-state index contributed by atoms with van der Waals surface area (Å²) in [6.07, 6.45) is 0. The SMILES string of the molecule is O=C(Nc1ccc(O)cc1)C(=O)Nc1ccccc1Br. The molecule has 0 fully saturated rings. The van der Waals surface area contributed by atoms with Crippen LogP contribution in [-0.2, 0) is 9.59 Å². The van der Waals surface area contributed by atoms with E-state index in [1.807, 2.05) is 0 Å². The monoisotopic (exact) mass is 334 g/mol. The summed E-state index contributed by atoms with van der Waals surface area (Å²) in [6, 6.07) is 12.8. The number of benzene rings is 2. The van der Waals surface area contributed by atoms with Crippen molar-refractivity contribution in [3.63, 3.8) is 0 Å². The van der Waals surface area contributed by atoms with Crippen LogP contribution >= 0.6 is 15.9 Å². The lowest BCUT2D eigenvalue weighted by molar-refractivity contribution is -0.133. The van der Waals surface area contributed by atoms with E-state index in [1.165, 1.54) is 24.3 Å². The molecule has 0 unspecified atom stereocenters. The summed E-state index contributed by atoms with van der Waals surface area (Å²) in [5.41, 5.74) is 0.938. The number of hydrogen-bond donors (Lipinski definition) is 3. The molecule has 0 saturated carbocycles. The molecule has 0 aromatic heterocycles. The molecule has 3 N–H and O–H groups in total. The highest BCUT2D eigenvalue weighted by Crippen LogP contribution is 2.21. The third-order valence-corrected chi connectivity index (χ3v) is 3.14. The third kappa shape index (κ3) is 3.58. The lowest BCUT2D eigenvalue weighted by Crippen LogP contribution is -2.29. The highest BCUT2D eigenvalue weighted by Gasteiger charge is 2.14. The summed E-state index contributed by atoms with van der Waals surface area (Å²) in [6.45, 7) is 0. The number of amides is 2. The average molecular weight is 335 g/mol. The van der Waals surface area contributed by atoms with Crippen LogP contribution in [0.1, 0.15) is 0 Å². The van der Waals surface area contributed by atoms with E-state index in [4.69, 9.17) is 5.11 Å². The molecule has 0 radical (unpaired) electrons. The van der Waals surface area contributed by atoms with Crippen LogP contribution in [0.2, 0.25) is 0 Å². The molecular weight excluding hydrogens is 324 g/mol. The Morgan fingerprint density at radius 2 is 1.50 bits per heavy atom. The van der Waals surface area contributed by atoms with Crippen molar-refractivity contribution in [3.05, 3.63) is 53.0 Å². The van der Waals surface area contributed by atoms with Gasteiger partial charge in [-0.2, -0.15) is 0 Å². The Bertz CT molecular complexity index is 641. The van der Waals surface area contributed by atoms with Crippen LogP contribution < -0.4 is 10.6 Å². The van der Waals surface area contributed by atoms with E-state index in [0.29, 0.717) is 15.8 Å². The van der Waals surface area contributed by atoms with Crippen LogP contribution in [0.3, 0.4) is 0 Å². The van der Waals surface area contributed by atoms with Gasteiger partial charge in [0.2, 0.25) is 0 Å². The van der Waals surface area contributed by atoms with Gasteiger partial charge in [-0.15, -0.1) is 0 Å². The van der Waals surface area contributed by atoms with E-state index < -0.39 is 11.8 Å². The largest absolute Gasteiger partial charge is 0.508 e. The number of aromatic hydroxyl groups is 1.